The van der Waals surface area contributed by atoms with Crippen molar-refractivity contribution in [3.05, 3.63) is 23.2 Å². The Balaban J connectivity index is 1.68. The summed E-state index contributed by atoms with van der Waals surface area (Å²) in [7, 11) is 2.05. The second kappa shape index (κ2) is 6.62. The van der Waals surface area contributed by atoms with Gasteiger partial charge < -0.3 is 25.1 Å². The lowest BCUT2D eigenvalue weighted by Crippen LogP contribution is -2.39. The fourth-order valence-corrected chi connectivity index (χ4v) is 2.12. The molecule has 0 atom stereocenters. The molecule has 0 aromatic carbocycles. The monoisotopic (exact) mass is 295 g/mol. The molecule has 1 heterocycles. The molecule has 1 aromatic heterocycles. The number of rotatable bonds is 7. The van der Waals surface area contributed by atoms with E-state index in [4.69, 9.17) is 9.52 Å². The molecule has 3 N–H and O–H groups in total. The van der Waals surface area contributed by atoms with Gasteiger partial charge in [-0.05, 0) is 32.9 Å². The number of carboxylic acids is 1. The molecule has 21 heavy (non-hydrogen) atoms. The number of hydrogen-bond donors (Lipinski definition) is 3. The van der Waals surface area contributed by atoms with E-state index in [9.17, 15) is 9.59 Å². The largest absolute Gasteiger partial charge is 0.478 e. The highest BCUT2D eigenvalue weighted by molar-refractivity contribution is 5.88. The maximum atomic E-state index is 11.6. The Morgan fingerprint density at radius 3 is 2.71 bits per heavy atom. The summed E-state index contributed by atoms with van der Waals surface area (Å²) in [5.74, 6) is -0.268. The third-order valence-electron chi connectivity index (χ3n) is 3.54. The Kier molecular flexibility index (Phi) is 4.85. The maximum absolute atomic E-state index is 11.6. The smallest absolute Gasteiger partial charge is 0.339 e. The van der Waals surface area contributed by atoms with Gasteiger partial charge >= 0.3 is 12.0 Å². The summed E-state index contributed by atoms with van der Waals surface area (Å²) in [6, 6.07) is 1.82. The fourth-order valence-electron chi connectivity index (χ4n) is 2.12. The minimum absolute atomic E-state index is 0.123. The highest BCUT2D eigenvalue weighted by Gasteiger charge is 2.25. The number of hydrogen-bond acceptors (Lipinski definition) is 4. The van der Waals surface area contributed by atoms with E-state index in [-0.39, 0.29) is 18.1 Å². The van der Waals surface area contributed by atoms with Crippen molar-refractivity contribution in [1.29, 1.82) is 0 Å². The molecule has 2 amide bonds. The molecule has 7 heteroatoms. The first-order valence-electron chi connectivity index (χ1n) is 7.02. The molecule has 1 saturated carbocycles. The molecule has 116 valence electrons. The summed E-state index contributed by atoms with van der Waals surface area (Å²) in [5.41, 5.74) is 0.123. The van der Waals surface area contributed by atoms with Gasteiger partial charge in [0.1, 0.15) is 17.1 Å². The highest BCUT2D eigenvalue weighted by Crippen LogP contribution is 2.24. The van der Waals surface area contributed by atoms with Crippen LogP contribution in [0.15, 0.2) is 10.5 Å². The van der Waals surface area contributed by atoms with Crippen molar-refractivity contribution in [2.45, 2.75) is 32.4 Å². The van der Waals surface area contributed by atoms with Gasteiger partial charge in [0.2, 0.25) is 0 Å². The summed E-state index contributed by atoms with van der Waals surface area (Å²) >= 11 is 0. The van der Waals surface area contributed by atoms with Crippen LogP contribution in [0.3, 0.4) is 0 Å². The average Bonchev–Trinajstić information content (AvgIpc) is 3.20. The topological polar surface area (TPSA) is 94.8 Å². The molecule has 0 bridgehead atoms. The Hall–Kier alpha value is -2.02. The van der Waals surface area contributed by atoms with E-state index >= 15 is 0 Å². The molecule has 1 aromatic rings. The van der Waals surface area contributed by atoms with Gasteiger partial charge in [-0.2, -0.15) is 0 Å². The third kappa shape index (κ3) is 4.49. The number of likely N-dealkylation sites (N-methyl/N-ethyl adjacent to an activating group) is 1. The first-order valence-corrected chi connectivity index (χ1v) is 7.02. The van der Waals surface area contributed by atoms with Crippen LogP contribution in [0.1, 0.15) is 34.7 Å². The van der Waals surface area contributed by atoms with Crippen LogP contribution in [0.4, 0.5) is 4.79 Å². The van der Waals surface area contributed by atoms with Crippen LogP contribution in [0, 0.1) is 6.92 Å². The zero-order valence-corrected chi connectivity index (χ0v) is 12.3. The summed E-state index contributed by atoms with van der Waals surface area (Å²) < 4.78 is 5.28. The van der Waals surface area contributed by atoms with Crippen LogP contribution in [-0.4, -0.2) is 48.2 Å². The molecule has 7 nitrogen and oxygen atoms in total. The lowest BCUT2D eigenvalue weighted by molar-refractivity contribution is 0.0695. The zero-order valence-electron chi connectivity index (χ0n) is 12.3. The van der Waals surface area contributed by atoms with Crippen LogP contribution < -0.4 is 10.6 Å². The number of aryl methyl sites for hydroxylation is 1. The van der Waals surface area contributed by atoms with Crippen LogP contribution in [0.5, 0.6) is 0 Å². The summed E-state index contributed by atoms with van der Waals surface area (Å²) in [6.45, 7) is 3.15. The number of carboxylic acid groups (broad SMARTS) is 1. The van der Waals surface area contributed by atoms with E-state index in [2.05, 4.69) is 22.6 Å². The normalized spacial score (nSPS) is 14.2. The predicted molar refractivity (Wildman–Crippen MR) is 76.3 cm³/mol. The first kappa shape index (κ1) is 15.4. The maximum Gasteiger partial charge on any atom is 0.339 e. The Bertz CT molecular complexity index is 522. The number of furan rings is 1. The second-order valence-corrected chi connectivity index (χ2v) is 5.31. The van der Waals surface area contributed by atoms with Crippen molar-refractivity contribution in [3.63, 3.8) is 0 Å². The summed E-state index contributed by atoms with van der Waals surface area (Å²) in [5, 5.41) is 14.3. The molecule has 0 radical (unpaired) electrons. The zero-order chi connectivity index (χ0) is 15.4. The summed E-state index contributed by atoms with van der Waals surface area (Å²) in [6.07, 6.45) is 2.49. The molecule has 0 saturated heterocycles. The van der Waals surface area contributed by atoms with E-state index < -0.39 is 5.97 Å². The van der Waals surface area contributed by atoms with Crippen LogP contribution >= 0.6 is 0 Å². The molecule has 0 unspecified atom stereocenters. The molecular formula is C14H21N3O4. The third-order valence-corrected chi connectivity index (χ3v) is 3.54. The molecular weight excluding hydrogens is 274 g/mol. The highest BCUT2D eigenvalue weighted by atomic mass is 16.4. The van der Waals surface area contributed by atoms with Gasteiger partial charge in [0, 0.05) is 19.1 Å². The molecule has 2 rings (SSSR count). The lowest BCUT2D eigenvalue weighted by Gasteiger charge is -2.15. The second-order valence-electron chi connectivity index (χ2n) is 5.31. The minimum Gasteiger partial charge on any atom is -0.478 e. The molecule has 1 aliphatic carbocycles. The van der Waals surface area contributed by atoms with Crippen LogP contribution in [0.2, 0.25) is 0 Å². The van der Waals surface area contributed by atoms with E-state index in [1.807, 2.05) is 0 Å². The molecule has 1 aliphatic rings. The number of urea groups is 1. The van der Waals surface area contributed by atoms with Gasteiger partial charge in [-0.1, -0.05) is 0 Å². The molecule has 0 spiro atoms. The Labute approximate surface area is 123 Å². The fraction of sp³-hybridized carbons (Fsp3) is 0.571. The number of nitrogens with one attached hydrogen (secondary N) is 2. The van der Waals surface area contributed by atoms with E-state index in [0.29, 0.717) is 24.1 Å². The van der Waals surface area contributed by atoms with Crippen molar-refractivity contribution in [2.24, 2.45) is 0 Å². The standard InChI is InChI=1S/C14H21N3O4/c1-9-12(13(18)19)7-11(21-9)8-16-14(20)15-5-6-17(2)10-3-4-10/h7,10H,3-6,8H2,1-2H3,(H,18,19)(H2,15,16,20). The first-order chi connectivity index (χ1) is 9.97. The van der Waals surface area contributed by atoms with Gasteiger partial charge in [-0.3, -0.25) is 0 Å². The van der Waals surface area contributed by atoms with Crippen LogP contribution in [0.25, 0.3) is 0 Å². The van der Waals surface area contributed by atoms with Gasteiger partial charge in [0.05, 0.1) is 6.54 Å². The van der Waals surface area contributed by atoms with Gasteiger partial charge in [-0.15, -0.1) is 0 Å². The van der Waals surface area contributed by atoms with Crippen molar-refractivity contribution in [1.82, 2.24) is 15.5 Å². The number of aromatic carboxylic acids is 1. The summed E-state index contributed by atoms with van der Waals surface area (Å²) in [4.78, 5) is 24.7. The van der Waals surface area contributed by atoms with E-state index in [0.717, 1.165) is 6.54 Å². The van der Waals surface area contributed by atoms with Gasteiger partial charge in [-0.25, -0.2) is 9.59 Å². The van der Waals surface area contributed by atoms with Gasteiger partial charge in [0.15, 0.2) is 0 Å². The predicted octanol–water partition coefficient (Wildman–Crippen LogP) is 1.18. The van der Waals surface area contributed by atoms with Crippen LogP contribution in [-0.2, 0) is 6.54 Å². The number of amides is 2. The average molecular weight is 295 g/mol. The van der Waals surface area contributed by atoms with Gasteiger partial charge in [0.25, 0.3) is 0 Å². The lowest BCUT2D eigenvalue weighted by atomic mass is 10.2. The van der Waals surface area contributed by atoms with Crippen molar-refractivity contribution in [3.8, 4) is 0 Å². The van der Waals surface area contributed by atoms with Crippen molar-refractivity contribution >= 4 is 12.0 Å². The Morgan fingerprint density at radius 1 is 1.43 bits per heavy atom. The number of nitrogens with zero attached hydrogens (tertiary/aromatic N) is 1. The molecule has 0 aliphatic heterocycles. The van der Waals surface area contributed by atoms with E-state index in [1.54, 1.807) is 6.92 Å². The quantitative estimate of drug-likeness (QED) is 0.702. The number of carbonyl (C=O) groups is 2. The minimum atomic E-state index is -1.03. The van der Waals surface area contributed by atoms with Crippen molar-refractivity contribution in [2.75, 3.05) is 20.1 Å². The Morgan fingerprint density at radius 2 is 2.14 bits per heavy atom. The SMILES string of the molecule is Cc1oc(CNC(=O)NCCN(C)C2CC2)cc1C(=O)O. The van der Waals surface area contributed by atoms with Crippen molar-refractivity contribution < 1.29 is 19.1 Å². The number of carbonyl (C=O) groups excluding carboxylic acids is 1. The molecule has 1 fully saturated rings. The van der Waals surface area contributed by atoms with E-state index in [1.165, 1.54) is 18.9 Å².